The van der Waals surface area contributed by atoms with E-state index in [0.717, 1.165) is 16.3 Å². The van der Waals surface area contributed by atoms with Crippen LogP contribution in [0.25, 0.3) is 0 Å². The van der Waals surface area contributed by atoms with Gasteiger partial charge in [-0.3, -0.25) is 9.59 Å². The van der Waals surface area contributed by atoms with Crippen molar-refractivity contribution in [1.29, 1.82) is 0 Å². The number of carbonyl (C=O) groups excluding carboxylic acids is 1. The number of carboxylic acid groups (broad SMARTS) is 1. The number of aromatic hydroxyl groups is 1. The van der Waals surface area contributed by atoms with E-state index in [1.165, 1.54) is 11.3 Å². The number of halogens is 3. The summed E-state index contributed by atoms with van der Waals surface area (Å²) in [5, 5.41) is 23.8. The van der Waals surface area contributed by atoms with E-state index in [9.17, 15) is 14.7 Å². The van der Waals surface area contributed by atoms with E-state index in [1.807, 2.05) is 13.0 Å². The third-order valence-corrected chi connectivity index (χ3v) is 7.42. The Balaban J connectivity index is 2.13. The second-order valence-electron chi connectivity index (χ2n) is 5.49. The van der Waals surface area contributed by atoms with Crippen LogP contribution < -0.4 is 5.32 Å². The van der Waals surface area contributed by atoms with Gasteiger partial charge in [0.1, 0.15) is 5.75 Å². The van der Waals surface area contributed by atoms with E-state index in [-0.39, 0.29) is 24.0 Å². The summed E-state index contributed by atoms with van der Waals surface area (Å²) in [6.07, 6.45) is 0.983. The topological polar surface area (TPSA) is 99.5 Å². The highest BCUT2D eigenvalue weighted by Crippen LogP contribution is 2.34. The third kappa shape index (κ3) is 5.64. The molecule has 1 amide bonds. The summed E-state index contributed by atoms with van der Waals surface area (Å²) < 4.78 is 2.56. The molecule has 10 heteroatoms. The Bertz CT molecular complexity index is 841. The molecule has 1 heterocycles. The van der Waals surface area contributed by atoms with Gasteiger partial charge in [-0.15, -0.1) is 11.3 Å². The number of hydrogen-bond acceptors (Lipinski definition) is 5. The van der Waals surface area contributed by atoms with Crippen LogP contribution in [0, 0.1) is 16.6 Å². The van der Waals surface area contributed by atoms with Crippen LogP contribution in [0.3, 0.4) is 0 Å². The fraction of sp³-hybridized carbons (Fsp3) is 0.312. The van der Waals surface area contributed by atoms with Crippen LogP contribution in [-0.2, 0) is 22.4 Å². The summed E-state index contributed by atoms with van der Waals surface area (Å²) >= 11 is 7.63. The van der Waals surface area contributed by atoms with Crippen molar-refractivity contribution < 1.29 is 19.8 Å². The number of carbonyl (C=O) groups is 2. The number of aliphatic carboxylic acids is 1. The first-order chi connectivity index (χ1) is 12.2. The molecule has 2 aromatic rings. The van der Waals surface area contributed by atoms with E-state index in [1.54, 1.807) is 5.38 Å². The lowest BCUT2D eigenvalue weighted by atomic mass is 9.96. The van der Waals surface area contributed by atoms with Gasteiger partial charge in [-0.1, -0.05) is 6.92 Å². The van der Waals surface area contributed by atoms with Crippen molar-refractivity contribution in [2.45, 2.75) is 26.2 Å². The SMILES string of the molecule is CCC(Cc1c(I)cc(I)c(O)c1I)C(=O)Nc1nc(CC(=O)O)cs1. The smallest absolute Gasteiger partial charge is 0.309 e. The zero-order valence-corrected chi connectivity index (χ0v) is 20.8. The maximum Gasteiger partial charge on any atom is 0.309 e. The Morgan fingerprint density at radius 2 is 2.00 bits per heavy atom. The second-order valence-corrected chi connectivity index (χ2v) is 9.76. The number of carboxylic acids is 1. The van der Waals surface area contributed by atoms with Crippen molar-refractivity contribution in [2.75, 3.05) is 5.32 Å². The molecule has 6 nitrogen and oxygen atoms in total. The van der Waals surface area contributed by atoms with Gasteiger partial charge >= 0.3 is 5.97 Å². The molecule has 0 aliphatic carbocycles. The summed E-state index contributed by atoms with van der Waals surface area (Å²) in [7, 11) is 0. The minimum Gasteiger partial charge on any atom is -0.506 e. The summed E-state index contributed by atoms with van der Waals surface area (Å²) in [4.78, 5) is 27.5. The number of phenols is 1. The Morgan fingerprint density at radius 3 is 2.62 bits per heavy atom. The highest BCUT2D eigenvalue weighted by molar-refractivity contribution is 14.1. The lowest BCUT2D eigenvalue weighted by molar-refractivity contribution is -0.136. The van der Waals surface area contributed by atoms with Crippen molar-refractivity contribution in [3.05, 3.63) is 33.4 Å². The minimum atomic E-state index is -0.956. The first-order valence-electron chi connectivity index (χ1n) is 7.55. The van der Waals surface area contributed by atoms with Gasteiger partial charge in [0, 0.05) is 14.9 Å². The number of aromatic nitrogens is 1. The van der Waals surface area contributed by atoms with Crippen molar-refractivity contribution in [3.8, 4) is 5.75 Å². The Labute approximate surface area is 195 Å². The van der Waals surface area contributed by atoms with Gasteiger partial charge in [0.15, 0.2) is 5.13 Å². The number of benzene rings is 1. The van der Waals surface area contributed by atoms with E-state index < -0.39 is 5.97 Å². The summed E-state index contributed by atoms with van der Waals surface area (Å²) in [6, 6.07) is 1.90. The number of nitrogens with one attached hydrogen (secondary N) is 1. The van der Waals surface area contributed by atoms with E-state index in [0.29, 0.717) is 23.7 Å². The monoisotopic (exact) mass is 712 g/mol. The number of amides is 1. The maximum atomic E-state index is 12.6. The highest BCUT2D eigenvalue weighted by atomic mass is 127. The lowest BCUT2D eigenvalue weighted by Crippen LogP contribution is -2.25. The van der Waals surface area contributed by atoms with Gasteiger partial charge < -0.3 is 15.5 Å². The van der Waals surface area contributed by atoms with Gasteiger partial charge in [-0.2, -0.15) is 0 Å². The van der Waals surface area contributed by atoms with Gasteiger partial charge in [0.25, 0.3) is 0 Å². The molecule has 1 atom stereocenters. The predicted molar refractivity (Wildman–Crippen MR) is 126 cm³/mol. The molecule has 0 radical (unpaired) electrons. The first kappa shape index (κ1) is 22.1. The molecular weight excluding hydrogens is 697 g/mol. The average molecular weight is 712 g/mol. The molecule has 0 saturated heterocycles. The van der Waals surface area contributed by atoms with Crippen LogP contribution in [0.1, 0.15) is 24.6 Å². The summed E-state index contributed by atoms with van der Waals surface area (Å²) in [5.41, 5.74) is 1.38. The van der Waals surface area contributed by atoms with Crippen LogP contribution in [0.4, 0.5) is 5.13 Å². The molecule has 1 unspecified atom stereocenters. The minimum absolute atomic E-state index is 0.159. The summed E-state index contributed by atoms with van der Waals surface area (Å²) in [5.74, 6) is -1.14. The van der Waals surface area contributed by atoms with Crippen LogP contribution in [-0.4, -0.2) is 27.1 Å². The number of rotatable bonds is 7. The van der Waals surface area contributed by atoms with Crippen LogP contribution in [0.5, 0.6) is 5.75 Å². The Kier molecular flexibility index (Phi) is 8.33. The standard InChI is InChI=1S/C16H15I3N2O4S/c1-2-7(3-9-10(17)5-11(18)14(24)13(9)19)15(25)21-16-20-8(6-26-16)4-12(22)23/h5-7,24H,2-4H2,1H3,(H,22,23)(H,20,21,25). The zero-order chi connectivity index (χ0) is 19.4. The molecule has 2 rings (SSSR count). The molecule has 1 aromatic heterocycles. The number of hydrogen-bond donors (Lipinski definition) is 3. The fourth-order valence-corrected chi connectivity index (χ4v) is 6.81. The molecule has 1 aromatic carbocycles. The van der Waals surface area contributed by atoms with Crippen molar-refractivity contribution in [2.24, 2.45) is 5.92 Å². The van der Waals surface area contributed by atoms with Crippen molar-refractivity contribution in [1.82, 2.24) is 4.98 Å². The van der Waals surface area contributed by atoms with Crippen LogP contribution in [0.2, 0.25) is 0 Å². The van der Waals surface area contributed by atoms with E-state index >= 15 is 0 Å². The van der Waals surface area contributed by atoms with E-state index in [2.05, 4.69) is 78.1 Å². The normalized spacial score (nSPS) is 12.0. The molecule has 140 valence electrons. The van der Waals surface area contributed by atoms with Crippen LogP contribution >= 0.6 is 79.1 Å². The summed E-state index contributed by atoms with van der Waals surface area (Å²) in [6.45, 7) is 1.94. The molecule has 0 spiro atoms. The fourth-order valence-electron chi connectivity index (χ4n) is 2.28. The number of thiazole rings is 1. The van der Waals surface area contributed by atoms with Crippen molar-refractivity contribution in [3.63, 3.8) is 0 Å². The predicted octanol–water partition coefficient (Wildman–Crippen LogP) is 4.50. The molecule has 0 bridgehead atoms. The highest BCUT2D eigenvalue weighted by Gasteiger charge is 2.23. The number of anilines is 1. The molecule has 0 aliphatic rings. The molecule has 26 heavy (non-hydrogen) atoms. The number of phenolic OH excluding ortho intramolecular Hbond substituents is 1. The van der Waals surface area contributed by atoms with Crippen molar-refractivity contribution >= 4 is 96.1 Å². The molecule has 0 saturated carbocycles. The second kappa shape index (κ2) is 9.82. The Morgan fingerprint density at radius 1 is 1.31 bits per heavy atom. The Hall–Kier alpha value is -0.220. The largest absolute Gasteiger partial charge is 0.506 e. The maximum absolute atomic E-state index is 12.6. The van der Waals surface area contributed by atoms with Gasteiger partial charge in [-0.05, 0) is 92.2 Å². The lowest BCUT2D eigenvalue weighted by Gasteiger charge is -2.17. The molecule has 0 aliphatic heterocycles. The third-order valence-electron chi connectivity index (χ3n) is 3.67. The molecule has 0 fully saturated rings. The molecule has 3 N–H and O–H groups in total. The first-order valence-corrected chi connectivity index (χ1v) is 11.7. The van der Waals surface area contributed by atoms with E-state index in [4.69, 9.17) is 5.11 Å². The van der Waals surface area contributed by atoms with Crippen LogP contribution in [0.15, 0.2) is 11.4 Å². The van der Waals surface area contributed by atoms with Gasteiger partial charge in [-0.25, -0.2) is 4.98 Å². The van der Waals surface area contributed by atoms with Gasteiger partial charge in [0.2, 0.25) is 5.91 Å². The quantitative estimate of drug-likeness (QED) is 0.368. The molecular formula is C16H15I3N2O4S. The van der Waals surface area contributed by atoms with Gasteiger partial charge in [0.05, 0.1) is 19.3 Å². The number of nitrogens with zero attached hydrogens (tertiary/aromatic N) is 1. The average Bonchev–Trinajstić information content (AvgIpc) is 2.99. The zero-order valence-electron chi connectivity index (χ0n) is 13.6.